The zero-order valence-corrected chi connectivity index (χ0v) is 15.4. The largest absolute Gasteiger partial charge is 0.466 e. The molecule has 0 saturated heterocycles. The van der Waals surface area contributed by atoms with Gasteiger partial charge in [0.1, 0.15) is 5.82 Å². The lowest BCUT2D eigenvalue weighted by molar-refractivity contribution is -0.143. The van der Waals surface area contributed by atoms with Crippen molar-refractivity contribution in [3.8, 4) is 11.1 Å². The monoisotopic (exact) mass is 350 g/mol. The minimum Gasteiger partial charge on any atom is -0.466 e. The van der Waals surface area contributed by atoms with Gasteiger partial charge in [-0.2, -0.15) is 0 Å². The lowest BCUT2D eigenvalue weighted by atomic mass is 9.90. The molecule has 0 heterocycles. The van der Waals surface area contributed by atoms with Crippen molar-refractivity contribution in [2.24, 2.45) is 0 Å². The summed E-state index contributed by atoms with van der Waals surface area (Å²) in [6, 6.07) is 9.94. The predicted octanol–water partition coefficient (Wildman–Crippen LogP) is 5.34. The molecule has 0 radical (unpaired) electrons. The van der Waals surface area contributed by atoms with E-state index >= 15 is 0 Å². The molecule has 0 fully saturated rings. The number of ether oxygens (including phenoxy) is 1. The molecule has 2 nitrogen and oxygen atoms in total. The van der Waals surface area contributed by atoms with E-state index in [4.69, 9.17) is 4.74 Å². The van der Waals surface area contributed by atoms with E-state index in [0.29, 0.717) is 24.2 Å². The van der Waals surface area contributed by atoms with Crippen LogP contribution in [-0.2, 0) is 16.0 Å². The van der Waals surface area contributed by atoms with Crippen LogP contribution in [-0.4, -0.2) is 12.6 Å². The Bertz CT molecular complexity index is 726. The van der Waals surface area contributed by atoms with Crippen molar-refractivity contribution < 1.29 is 13.9 Å². The summed E-state index contributed by atoms with van der Waals surface area (Å²) in [6.45, 7) is 7.90. The Kier molecular flexibility index (Phi) is 7.43. The maximum Gasteiger partial charge on any atom is 0.306 e. The summed E-state index contributed by atoms with van der Waals surface area (Å²) >= 11 is 0. The summed E-state index contributed by atoms with van der Waals surface area (Å²) in [5.41, 5.74) is 5.44. The second-order valence-electron chi connectivity index (χ2n) is 5.77. The first kappa shape index (κ1) is 20.2. The normalized spacial score (nSPS) is 10.2. The van der Waals surface area contributed by atoms with Gasteiger partial charge >= 0.3 is 5.97 Å². The Balaban J connectivity index is 0.00000288. The number of carbonyl (C=O) groups excluding carboxylic acids is 1. The van der Waals surface area contributed by atoms with Crippen LogP contribution in [0.5, 0.6) is 0 Å². The number of hydrogen-bond acceptors (Lipinski definition) is 2. The third-order valence-electron chi connectivity index (χ3n) is 4.24. The summed E-state index contributed by atoms with van der Waals surface area (Å²) in [5.74, 6) is -0.508. The molecule has 0 bridgehead atoms. The molecule has 0 spiro atoms. The number of halogens is 2. The molecule has 4 heteroatoms. The van der Waals surface area contributed by atoms with E-state index < -0.39 is 0 Å². The molecule has 24 heavy (non-hydrogen) atoms. The summed E-state index contributed by atoms with van der Waals surface area (Å²) in [7, 11) is 0. The van der Waals surface area contributed by atoms with Gasteiger partial charge in [0, 0.05) is 6.42 Å². The van der Waals surface area contributed by atoms with Crippen LogP contribution in [0, 0.1) is 26.6 Å². The Morgan fingerprint density at radius 1 is 1.08 bits per heavy atom. The molecule has 0 aliphatic heterocycles. The molecule has 0 saturated carbocycles. The van der Waals surface area contributed by atoms with Crippen molar-refractivity contribution in [1.29, 1.82) is 0 Å². The standard InChI is InChI=1S/C20H23FO2.ClH/c1-5-23-19(22)11-10-16-12-18(14(3)15(4)20(16)21)17-9-7-6-8-13(17)2;/h6-9,12H,5,10-11H2,1-4H3;1H. The quantitative estimate of drug-likeness (QED) is 0.681. The van der Waals surface area contributed by atoms with Crippen LogP contribution in [0.25, 0.3) is 11.1 Å². The average Bonchev–Trinajstić information content (AvgIpc) is 2.53. The first-order chi connectivity index (χ1) is 11.0. The van der Waals surface area contributed by atoms with Crippen molar-refractivity contribution in [2.45, 2.75) is 40.5 Å². The minimum absolute atomic E-state index is 0. The predicted molar refractivity (Wildman–Crippen MR) is 98.2 cm³/mol. The van der Waals surface area contributed by atoms with Crippen LogP contribution in [0.2, 0.25) is 0 Å². The van der Waals surface area contributed by atoms with E-state index in [1.807, 2.05) is 44.2 Å². The summed E-state index contributed by atoms with van der Waals surface area (Å²) in [5, 5.41) is 0. The fraction of sp³-hybridized carbons (Fsp3) is 0.350. The van der Waals surface area contributed by atoms with Gasteiger partial charge in [0.25, 0.3) is 0 Å². The van der Waals surface area contributed by atoms with E-state index in [1.54, 1.807) is 13.8 Å². The zero-order valence-electron chi connectivity index (χ0n) is 14.6. The first-order valence-electron chi connectivity index (χ1n) is 7.95. The molecule has 2 aromatic rings. The lowest BCUT2D eigenvalue weighted by Gasteiger charge is -2.16. The topological polar surface area (TPSA) is 26.3 Å². The van der Waals surface area contributed by atoms with Crippen molar-refractivity contribution in [2.75, 3.05) is 6.61 Å². The number of carbonyl (C=O) groups is 1. The van der Waals surface area contributed by atoms with Gasteiger partial charge in [-0.25, -0.2) is 4.39 Å². The molecule has 0 atom stereocenters. The fourth-order valence-corrected chi connectivity index (χ4v) is 2.76. The van der Waals surface area contributed by atoms with Gasteiger partial charge in [-0.05, 0) is 73.6 Å². The third-order valence-corrected chi connectivity index (χ3v) is 4.24. The molecule has 2 rings (SSSR count). The molecule has 0 aromatic heterocycles. The number of hydrogen-bond donors (Lipinski definition) is 0. The number of benzene rings is 2. The van der Waals surface area contributed by atoms with Crippen LogP contribution in [0.15, 0.2) is 30.3 Å². The maximum atomic E-state index is 14.5. The number of aryl methyl sites for hydroxylation is 2. The van der Waals surface area contributed by atoms with E-state index in [2.05, 4.69) is 0 Å². The number of esters is 1. The van der Waals surface area contributed by atoms with Crippen LogP contribution in [0.3, 0.4) is 0 Å². The highest BCUT2D eigenvalue weighted by Gasteiger charge is 2.15. The van der Waals surface area contributed by atoms with Gasteiger partial charge in [0.2, 0.25) is 0 Å². The molecule has 0 amide bonds. The van der Waals surface area contributed by atoms with Gasteiger partial charge < -0.3 is 4.74 Å². The van der Waals surface area contributed by atoms with Crippen molar-refractivity contribution in [3.63, 3.8) is 0 Å². The van der Waals surface area contributed by atoms with E-state index in [1.165, 1.54) is 0 Å². The Morgan fingerprint density at radius 3 is 2.38 bits per heavy atom. The van der Waals surface area contributed by atoms with Gasteiger partial charge in [-0.1, -0.05) is 24.3 Å². The van der Waals surface area contributed by atoms with Crippen LogP contribution in [0.4, 0.5) is 4.39 Å². The van der Waals surface area contributed by atoms with Crippen LogP contribution >= 0.6 is 12.4 Å². The average molecular weight is 351 g/mol. The molecule has 0 aliphatic carbocycles. The molecular weight excluding hydrogens is 327 g/mol. The van der Waals surface area contributed by atoms with E-state index in [-0.39, 0.29) is 30.6 Å². The van der Waals surface area contributed by atoms with Crippen LogP contribution in [0.1, 0.15) is 35.6 Å². The zero-order chi connectivity index (χ0) is 17.0. The summed E-state index contributed by atoms with van der Waals surface area (Å²) < 4.78 is 19.5. The summed E-state index contributed by atoms with van der Waals surface area (Å²) in [6.07, 6.45) is 0.547. The Morgan fingerprint density at radius 2 is 1.75 bits per heavy atom. The smallest absolute Gasteiger partial charge is 0.306 e. The minimum atomic E-state index is -0.289. The second kappa shape index (κ2) is 8.84. The Hall–Kier alpha value is -1.87. The Labute approximate surface area is 149 Å². The second-order valence-corrected chi connectivity index (χ2v) is 5.77. The van der Waals surface area contributed by atoms with Crippen molar-refractivity contribution >= 4 is 18.4 Å². The van der Waals surface area contributed by atoms with Gasteiger partial charge in [0.15, 0.2) is 0 Å². The fourth-order valence-electron chi connectivity index (χ4n) is 2.76. The maximum absolute atomic E-state index is 14.5. The van der Waals surface area contributed by atoms with Crippen LogP contribution < -0.4 is 0 Å². The molecule has 2 aromatic carbocycles. The van der Waals surface area contributed by atoms with Crippen molar-refractivity contribution in [1.82, 2.24) is 0 Å². The van der Waals surface area contributed by atoms with Gasteiger partial charge in [-0.3, -0.25) is 4.79 Å². The third kappa shape index (κ3) is 4.35. The van der Waals surface area contributed by atoms with E-state index in [0.717, 1.165) is 22.3 Å². The molecule has 0 aliphatic rings. The highest BCUT2D eigenvalue weighted by molar-refractivity contribution is 5.85. The SMILES string of the molecule is CCOC(=O)CCc1cc(-c2ccccc2C)c(C)c(C)c1F.Cl. The molecular formula is C20H24ClFO2. The molecule has 130 valence electrons. The molecule has 0 N–H and O–H groups in total. The number of rotatable bonds is 5. The highest BCUT2D eigenvalue weighted by Crippen LogP contribution is 2.32. The van der Waals surface area contributed by atoms with E-state index in [9.17, 15) is 9.18 Å². The molecule has 0 unspecified atom stereocenters. The van der Waals surface area contributed by atoms with Crippen molar-refractivity contribution in [3.05, 3.63) is 58.4 Å². The lowest BCUT2D eigenvalue weighted by Crippen LogP contribution is -2.07. The van der Waals surface area contributed by atoms with Gasteiger partial charge in [0.05, 0.1) is 6.61 Å². The summed E-state index contributed by atoms with van der Waals surface area (Å²) in [4.78, 5) is 11.5. The highest BCUT2D eigenvalue weighted by atomic mass is 35.5. The van der Waals surface area contributed by atoms with Gasteiger partial charge in [-0.15, -0.1) is 12.4 Å². The first-order valence-corrected chi connectivity index (χ1v) is 7.95.